The van der Waals surface area contributed by atoms with E-state index in [2.05, 4.69) is 85.1 Å². The van der Waals surface area contributed by atoms with Crippen LogP contribution in [0.4, 0.5) is 4.39 Å². The average molecular weight is 457 g/mol. The number of pyridine rings is 1. The summed E-state index contributed by atoms with van der Waals surface area (Å²) in [4.78, 5) is 0. The molecule has 0 aliphatic carbocycles. The van der Waals surface area contributed by atoms with E-state index in [1.807, 2.05) is 12.1 Å². The van der Waals surface area contributed by atoms with E-state index in [4.69, 9.17) is 4.42 Å². The molecule has 0 saturated carbocycles. The minimum absolute atomic E-state index is 0.0455. The summed E-state index contributed by atoms with van der Waals surface area (Å²) in [6.45, 7) is 12.3. The van der Waals surface area contributed by atoms with Crippen LogP contribution in [0.3, 0.4) is 0 Å². The third-order valence-electron chi connectivity index (χ3n) is 7.89. The Morgan fingerprint density at radius 1 is 0.912 bits per heavy atom. The highest BCUT2D eigenvalue weighted by molar-refractivity contribution is 5.72. The van der Waals surface area contributed by atoms with Crippen LogP contribution in [0.2, 0.25) is 0 Å². The van der Waals surface area contributed by atoms with Crippen LogP contribution in [0, 0.1) is 0 Å². The molecule has 5 rings (SSSR count). The summed E-state index contributed by atoms with van der Waals surface area (Å²) in [6.07, 6.45) is 3.21. The third-order valence-corrected chi connectivity index (χ3v) is 7.89. The van der Waals surface area contributed by atoms with Gasteiger partial charge in [0.15, 0.2) is 11.7 Å². The van der Waals surface area contributed by atoms with Gasteiger partial charge in [0.1, 0.15) is 5.67 Å². The number of rotatable bonds is 4. The van der Waals surface area contributed by atoms with Crippen LogP contribution in [0.1, 0.15) is 59.1 Å². The van der Waals surface area contributed by atoms with Gasteiger partial charge in [0, 0.05) is 36.6 Å². The molecular formula is C29H31FN3O+. The van der Waals surface area contributed by atoms with Crippen LogP contribution in [0.5, 0.6) is 0 Å². The van der Waals surface area contributed by atoms with Gasteiger partial charge >= 0.3 is 0 Å². The summed E-state index contributed by atoms with van der Waals surface area (Å²) in [5.74, 6) is 0.890. The highest BCUT2D eigenvalue weighted by Crippen LogP contribution is 2.48. The molecule has 2 aromatic heterocycles. The number of fused-ring (bicyclic) bond motifs is 3. The monoisotopic (exact) mass is 456 g/mol. The first-order valence-electron chi connectivity index (χ1n) is 11.9. The Morgan fingerprint density at radius 2 is 1.56 bits per heavy atom. The van der Waals surface area contributed by atoms with E-state index in [0.29, 0.717) is 17.3 Å². The first kappa shape index (κ1) is 22.5. The zero-order chi connectivity index (χ0) is 24.3. The normalized spacial score (nSPS) is 18.9. The third kappa shape index (κ3) is 3.29. The van der Waals surface area contributed by atoms with Gasteiger partial charge in [0.2, 0.25) is 17.5 Å². The van der Waals surface area contributed by atoms with Gasteiger partial charge in [-0.05, 0) is 69.2 Å². The van der Waals surface area contributed by atoms with Gasteiger partial charge in [0.05, 0.1) is 11.0 Å². The summed E-state index contributed by atoms with van der Waals surface area (Å²) in [5, 5.41) is 8.58. The summed E-state index contributed by atoms with van der Waals surface area (Å²) < 4.78 is 22.7. The average Bonchev–Trinajstić information content (AvgIpc) is 3.32. The van der Waals surface area contributed by atoms with E-state index in [1.54, 1.807) is 26.0 Å². The molecule has 0 amide bonds. The van der Waals surface area contributed by atoms with Crippen molar-refractivity contribution in [2.24, 2.45) is 0 Å². The molecule has 1 unspecified atom stereocenters. The molecule has 4 nitrogen and oxygen atoms in total. The van der Waals surface area contributed by atoms with E-state index in [9.17, 15) is 4.39 Å². The summed E-state index contributed by atoms with van der Waals surface area (Å²) in [5.41, 5.74) is 4.44. The molecule has 3 heterocycles. The molecule has 0 radical (unpaired) electrons. The molecule has 5 heteroatoms. The SMILES string of the molecule is CCC1(C)[n+]2ccccc2-c2cc(-c3nnc(-c4ccc(C(C)(C)F)cc4)o3)ccc2C1(C)C. The predicted octanol–water partition coefficient (Wildman–Crippen LogP) is 6.98. The Bertz CT molecular complexity index is 1360. The Morgan fingerprint density at radius 3 is 2.21 bits per heavy atom. The van der Waals surface area contributed by atoms with Crippen LogP contribution >= 0.6 is 0 Å². The maximum absolute atomic E-state index is 14.2. The fourth-order valence-electron chi connectivity index (χ4n) is 5.20. The Balaban J connectivity index is 1.57. The highest BCUT2D eigenvalue weighted by Gasteiger charge is 2.54. The summed E-state index contributed by atoms with van der Waals surface area (Å²) in [7, 11) is 0. The number of aromatic nitrogens is 3. The quantitative estimate of drug-likeness (QED) is 0.311. The van der Waals surface area contributed by atoms with Crippen molar-refractivity contribution < 1.29 is 13.4 Å². The molecule has 0 bridgehead atoms. The lowest BCUT2D eigenvalue weighted by Gasteiger charge is -2.44. The molecule has 1 aliphatic rings. The molecule has 0 fully saturated rings. The molecule has 1 aliphatic heterocycles. The van der Waals surface area contributed by atoms with Gasteiger partial charge < -0.3 is 4.42 Å². The lowest BCUT2D eigenvalue weighted by atomic mass is 9.63. The number of nitrogens with zero attached hydrogens (tertiary/aromatic N) is 3. The van der Waals surface area contributed by atoms with Crippen LogP contribution < -0.4 is 4.57 Å². The van der Waals surface area contributed by atoms with Crippen molar-refractivity contribution in [1.29, 1.82) is 0 Å². The summed E-state index contributed by atoms with van der Waals surface area (Å²) in [6, 6.07) is 20.0. The second-order valence-electron chi connectivity index (χ2n) is 10.4. The van der Waals surface area contributed by atoms with E-state index < -0.39 is 5.67 Å². The van der Waals surface area contributed by atoms with E-state index in [1.165, 1.54) is 16.8 Å². The lowest BCUT2D eigenvalue weighted by Crippen LogP contribution is -2.66. The molecular weight excluding hydrogens is 425 g/mol. The predicted molar refractivity (Wildman–Crippen MR) is 132 cm³/mol. The van der Waals surface area contributed by atoms with Crippen LogP contribution in [0.15, 0.2) is 71.3 Å². The number of benzene rings is 2. The zero-order valence-electron chi connectivity index (χ0n) is 20.7. The molecule has 174 valence electrons. The van der Waals surface area contributed by atoms with E-state index in [-0.39, 0.29) is 11.0 Å². The number of hydrogen-bond acceptors (Lipinski definition) is 3. The molecule has 0 saturated heterocycles. The summed E-state index contributed by atoms with van der Waals surface area (Å²) >= 11 is 0. The zero-order valence-corrected chi connectivity index (χ0v) is 20.7. The van der Waals surface area contributed by atoms with Gasteiger partial charge in [-0.1, -0.05) is 25.1 Å². The minimum atomic E-state index is -1.39. The Hall–Kier alpha value is -3.34. The molecule has 0 N–H and O–H groups in total. The molecule has 1 atom stereocenters. The van der Waals surface area contributed by atoms with Crippen LogP contribution in [0.25, 0.3) is 34.2 Å². The van der Waals surface area contributed by atoms with Crippen molar-refractivity contribution in [1.82, 2.24) is 10.2 Å². The van der Waals surface area contributed by atoms with Crippen LogP contribution in [-0.4, -0.2) is 10.2 Å². The second kappa shape index (κ2) is 7.59. The first-order valence-corrected chi connectivity index (χ1v) is 11.9. The van der Waals surface area contributed by atoms with Gasteiger partial charge in [-0.3, -0.25) is 0 Å². The standard InChI is InChI=1S/C29H31FN3O/c1-7-29(6)27(2,3)23-16-13-20(18-22(23)24-10-8-9-17-33(24)29)26-32-31-25(34-26)19-11-14-21(15-12-19)28(4,5)30/h8-18H,7H2,1-6H3/q+1. The minimum Gasteiger partial charge on any atom is -0.416 e. The van der Waals surface area contributed by atoms with Crippen molar-refractivity contribution in [3.8, 4) is 34.2 Å². The number of alkyl halides is 1. The number of hydrogen-bond donors (Lipinski definition) is 0. The molecule has 0 spiro atoms. The molecule has 34 heavy (non-hydrogen) atoms. The smallest absolute Gasteiger partial charge is 0.248 e. The van der Waals surface area contributed by atoms with Crippen LogP contribution in [-0.2, 0) is 16.6 Å². The molecule has 4 aromatic rings. The van der Waals surface area contributed by atoms with Crippen molar-refractivity contribution >= 4 is 0 Å². The maximum Gasteiger partial charge on any atom is 0.248 e. The van der Waals surface area contributed by atoms with Crippen molar-refractivity contribution in [3.63, 3.8) is 0 Å². The van der Waals surface area contributed by atoms with Gasteiger partial charge in [-0.25, -0.2) is 4.39 Å². The largest absolute Gasteiger partial charge is 0.416 e. The van der Waals surface area contributed by atoms with Gasteiger partial charge in [-0.15, -0.1) is 10.2 Å². The fourth-order valence-corrected chi connectivity index (χ4v) is 5.20. The maximum atomic E-state index is 14.2. The first-order chi connectivity index (χ1) is 16.1. The Kier molecular flexibility index (Phi) is 5.01. The van der Waals surface area contributed by atoms with E-state index in [0.717, 1.165) is 17.5 Å². The lowest BCUT2D eigenvalue weighted by molar-refractivity contribution is -0.764. The second-order valence-corrected chi connectivity index (χ2v) is 10.4. The van der Waals surface area contributed by atoms with E-state index >= 15 is 0 Å². The van der Waals surface area contributed by atoms with Gasteiger partial charge in [0.25, 0.3) is 0 Å². The van der Waals surface area contributed by atoms with Crippen molar-refractivity contribution in [3.05, 3.63) is 78.0 Å². The molecule has 2 aromatic carbocycles. The number of halogens is 1. The Labute approximate surface area is 200 Å². The van der Waals surface area contributed by atoms with Gasteiger partial charge in [-0.2, -0.15) is 4.57 Å². The topological polar surface area (TPSA) is 42.8 Å². The fraction of sp³-hybridized carbons (Fsp3) is 0.345. The van der Waals surface area contributed by atoms with Crippen molar-refractivity contribution in [2.75, 3.05) is 0 Å². The van der Waals surface area contributed by atoms with Crippen molar-refractivity contribution in [2.45, 2.75) is 64.6 Å². The highest BCUT2D eigenvalue weighted by atomic mass is 19.1.